The second kappa shape index (κ2) is 7.04. The topological polar surface area (TPSA) is 101 Å². The molecule has 24 heavy (non-hydrogen) atoms. The molecular formula is C15H16N4O4S. The highest BCUT2D eigenvalue weighted by molar-refractivity contribution is 7.89. The fourth-order valence-corrected chi connectivity index (χ4v) is 3.66. The molecule has 0 aliphatic carbocycles. The molecule has 0 atom stereocenters. The Morgan fingerprint density at radius 2 is 1.71 bits per heavy atom. The summed E-state index contributed by atoms with van der Waals surface area (Å²) in [5.41, 5.74) is 0.323. The Labute approximate surface area is 139 Å². The van der Waals surface area contributed by atoms with Crippen LogP contribution in [0.3, 0.4) is 0 Å². The van der Waals surface area contributed by atoms with Crippen LogP contribution in [-0.4, -0.2) is 54.9 Å². The zero-order chi connectivity index (χ0) is 17.0. The minimum atomic E-state index is -3.57. The molecule has 1 aliphatic heterocycles. The van der Waals surface area contributed by atoms with Gasteiger partial charge in [-0.3, -0.25) is 10.1 Å². The van der Waals surface area contributed by atoms with Crippen LogP contribution in [0.1, 0.15) is 10.4 Å². The summed E-state index contributed by atoms with van der Waals surface area (Å²) in [4.78, 5) is 20.1. The molecule has 3 rings (SSSR count). The van der Waals surface area contributed by atoms with Crippen molar-refractivity contribution in [2.75, 3.05) is 31.6 Å². The molecule has 0 radical (unpaired) electrons. The molecule has 1 N–H and O–H groups in total. The molecule has 2 heterocycles. The molecule has 9 heteroatoms. The Morgan fingerprint density at radius 3 is 2.33 bits per heavy atom. The van der Waals surface area contributed by atoms with Crippen molar-refractivity contribution in [2.24, 2.45) is 0 Å². The smallest absolute Gasteiger partial charge is 0.258 e. The van der Waals surface area contributed by atoms with Gasteiger partial charge in [0, 0.05) is 31.0 Å². The summed E-state index contributed by atoms with van der Waals surface area (Å²) in [7, 11) is -3.57. The predicted molar refractivity (Wildman–Crippen MR) is 86.0 cm³/mol. The van der Waals surface area contributed by atoms with Gasteiger partial charge in [0.2, 0.25) is 16.0 Å². The third kappa shape index (κ3) is 3.58. The molecule has 1 aromatic heterocycles. The highest BCUT2D eigenvalue weighted by Gasteiger charge is 2.26. The number of hydrogen-bond donors (Lipinski definition) is 1. The van der Waals surface area contributed by atoms with Gasteiger partial charge in [-0.25, -0.2) is 18.4 Å². The average Bonchev–Trinajstić information content (AvgIpc) is 2.63. The van der Waals surface area contributed by atoms with Crippen molar-refractivity contribution in [3.8, 4) is 0 Å². The highest BCUT2D eigenvalue weighted by atomic mass is 32.2. The highest BCUT2D eigenvalue weighted by Crippen LogP contribution is 2.18. The minimum Gasteiger partial charge on any atom is -0.379 e. The van der Waals surface area contributed by atoms with Gasteiger partial charge in [0.1, 0.15) is 0 Å². The Hall–Kier alpha value is -2.36. The number of aromatic nitrogens is 2. The minimum absolute atomic E-state index is 0.150. The quantitative estimate of drug-likeness (QED) is 0.875. The maximum atomic E-state index is 12.5. The largest absolute Gasteiger partial charge is 0.379 e. The summed E-state index contributed by atoms with van der Waals surface area (Å²) in [5.74, 6) is -0.218. The lowest BCUT2D eigenvalue weighted by Crippen LogP contribution is -2.40. The summed E-state index contributed by atoms with van der Waals surface area (Å²) in [6.45, 7) is 1.43. The van der Waals surface area contributed by atoms with Crippen molar-refractivity contribution in [2.45, 2.75) is 4.90 Å². The number of morpholine rings is 1. The molecule has 2 aromatic rings. The first kappa shape index (κ1) is 16.5. The second-order valence-electron chi connectivity index (χ2n) is 5.07. The lowest BCUT2D eigenvalue weighted by Gasteiger charge is -2.26. The van der Waals surface area contributed by atoms with Crippen molar-refractivity contribution >= 4 is 21.9 Å². The van der Waals surface area contributed by atoms with Crippen molar-refractivity contribution in [3.05, 3.63) is 48.3 Å². The van der Waals surface area contributed by atoms with Crippen LogP contribution in [0.2, 0.25) is 0 Å². The first-order valence-corrected chi connectivity index (χ1v) is 8.78. The van der Waals surface area contributed by atoms with Crippen LogP contribution in [0, 0.1) is 0 Å². The first-order valence-electron chi connectivity index (χ1n) is 7.34. The molecule has 1 aliphatic rings. The van der Waals surface area contributed by atoms with Crippen molar-refractivity contribution in [3.63, 3.8) is 0 Å². The standard InChI is InChI=1S/C15H16N4O4S/c20-14(18-15-16-6-1-7-17-15)12-2-4-13(5-3-12)24(21,22)19-8-10-23-11-9-19/h1-7H,8-11H2,(H,16,17,18,20). The van der Waals surface area contributed by atoms with Crippen LogP contribution in [-0.2, 0) is 14.8 Å². The number of nitrogens with zero attached hydrogens (tertiary/aromatic N) is 3. The lowest BCUT2D eigenvalue weighted by molar-refractivity contribution is 0.0730. The number of ether oxygens (including phenoxy) is 1. The van der Waals surface area contributed by atoms with E-state index in [2.05, 4.69) is 15.3 Å². The monoisotopic (exact) mass is 348 g/mol. The van der Waals surface area contributed by atoms with Crippen molar-refractivity contribution < 1.29 is 17.9 Å². The number of rotatable bonds is 4. The summed E-state index contributed by atoms with van der Waals surface area (Å²) in [6.07, 6.45) is 3.03. The Kier molecular flexibility index (Phi) is 4.84. The van der Waals surface area contributed by atoms with Gasteiger partial charge < -0.3 is 4.74 Å². The second-order valence-corrected chi connectivity index (χ2v) is 7.01. The zero-order valence-electron chi connectivity index (χ0n) is 12.8. The van der Waals surface area contributed by atoms with E-state index < -0.39 is 15.9 Å². The number of carbonyl (C=O) groups excluding carboxylic acids is 1. The molecular weight excluding hydrogens is 332 g/mol. The summed E-state index contributed by atoms with van der Waals surface area (Å²) in [5, 5.41) is 2.54. The van der Waals surface area contributed by atoms with Crippen LogP contribution < -0.4 is 5.32 Å². The lowest BCUT2D eigenvalue weighted by atomic mass is 10.2. The molecule has 1 fully saturated rings. The Bertz CT molecular complexity index is 803. The van der Waals surface area contributed by atoms with E-state index in [1.165, 1.54) is 41.0 Å². The molecule has 1 saturated heterocycles. The number of amides is 1. The van der Waals surface area contributed by atoms with Gasteiger partial charge in [-0.2, -0.15) is 4.31 Å². The van der Waals surface area contributed by atoms with E-state index in [0.717, 1.165) is 0 Å². The van der Waals surface area contributed by atoms with Crippen molar-refractivity contribution in [1.82, 2.24) is 14.3 Å². The fraction of sp³-hybridized carbons (Fsp3) is 0.267. The van der Waals surface area contributed by atoms with E-state index in [-0.39, 0.29) is 10.8 Å². The molecule has 0 bridgehead atoms. The number of benzene rings is 1. The maximum Gasteiger partial charge on any atom is 0.258 e. The van der Waals surface area contributed by atoms with E-state index >= 15 is 0 Å². The number of anilines is 1. The molecule has 126 valence electrons. The van der Waals surface area contributed by atoms with Crippen LogP contribution in [0.15, 0.2) is 47.6 Å². The third-order valence-electron chi connectivity index (χ3n) is 3.52. The Morgan fingerprint density at radius 1 is 1.08 bits per heavy atom. The summed E-state index contributed by atoms with van der Waals surface area (Å²) in [6, 6.07) is 7.41. The van der Waals surface area contributed by atoms with E-state index in [1.807, 2.05) is 0 Å². The molecule has 8 nitrogen and oxygen atoms in total. The van der Waals surface area contributed by atoms with Crippen molar-refractivity contribution in [1.29, 1.82) is 0 Å². The first-order chi connectivity index (χ1) is 11.6. The van der Waals surface area contributed by atoms with Crippen LogP contribution in [0.25, 0.3) is 0 Å². The van der Waals surface area contributed by atoms with Gasteiger partial charge in [-0.05, 0) is 30.3 Å². The third-order valence-corrected chi connectivity index (χ3v) is 5.43. The van der Waals surface area contributed by atoms with E-state index in [4.69, 9.17) is 4.74 Å². The summed E-state index contributed by atoms with van der Waals surface area (Å²) < 4.78 is 31.6. The molecule has 0 saturated carbocycles. The van der Waals surface area contributed by atoms with Crippen LogP contribution in [0.5, 0.6) is 0 Å². The normalized spacial score (nSPS) is 15.8. The van der Waals surface area contributed by atoms with Gasteiger partial charge in [0.25, 0.3) is 5.91 Å². The molecule has 0 unspecified atom stereocenters. The molecule has 1 aromatic carbocycles. The van der Waals surface area contributed by atoms with Crippen LogP contribution >= 0.6 is 0 Å². The fourth-order valence-electron chi connectivity index (χ4n) is 2.25. The summed E-state index contributed by atoms with van der Waals surface area (Å²) >= 11 is 0. The van der Waals surface area contributed by atoms with Gasteiger partial charge >= 0.3 is 0 Å². The average molecular weight is 348 g/mol. The number of hydrogen-bond acceptors (Lipinski definition) is 6. The van der Waals surface area contributed by atoms with Gasteiger partial charge in [-0.1, -0.05) is 0 Å². The number of sulfonamides is 1. The predicted octanol–water partition coefficient (Wildman–Crippen LogP) is 0.750. The Balaban J connectivity index is 1.74. The zero-order valence-corrected chi connectivity index (χ0v) is 13.6. The molecule has 0 spiro atoms. The maximum absolute atomic E-state index is 12.5. The van der Waals surface area contributed by atoms with Gasteiger partial charge in [0.15, 0.2) is 0 Å². The van der Waals surface area contributed by atoms with E-state index in [1.54, 1.807) is 6.07 Å². The van der Waals surface area contributed by atoms with Crippen LogP contribution in [0.4, 0.5) is 5.95 Å². The van der Waals surface area contributed by atoms with Gasteiger partial charge in [-0.15, -0.1) is 0 Å². The number of carbonyl (C=O) groups is 1. The molecule has 1 amide bonds. The van der Waals surface area contributed by atoms with E-state index in [0.29, 0.717) is 31.9 Å². The number of nitrogens with one attached hydrogen (secondary N) is 1. The van der Waals surface area contributed by atoms with E-state index in [9.17, 15) is 13.2 Å². The SMILES string of the molecule is O=C(Nc1ncccn1)c1ccc(S(=O)(=O)N2CCOCC2)cc1. The van der Waals surface area contributed by atoms with Gasteiger partial charge in [0.05, 0.1) is 18.1 Å².